The molecule has 3 rings (SSSR count). The summed E-state index contributed by atoms with van der Waals surface area (Å²) in [4.78, 5) is 0. The van der Waals surface area contributed by atoms with Gasteiger partial charge in [-0.05, 0) is 87.2 Å². The second-order valence-corrected chi connectivity index (χ2v) is 8.87. The number of hydrogen-bond donors (Lipinski definition) is 0. The lowest BCUT2D eigenvalue weighted by Crippen LogP contribution is -2.06. The molecule has 0 radical (unpaired) electrons. The molecule has 1 aromatic rings. The normalized spacial score (nSPS) is 22.1. The Balaban J connectivity index is 1.52. The Bertz CT molecular complexity index is 812. The molecule has 0 spiro atoms. The summed E-state index contributed by atoms with van der Waals surface area (Å²) in [6.07, 6.45) is 21.9. The lowest BCUT2D eigenvalue weighted by molar-refractivity contribution is 0.466. The van der Waals surface area contributed by atoms with E-state index in [0.717, 1.165) is 56.9 Å². The first kappa shape index (κ1) is 22.7. The Labute approximate surface area is 181 Å². The van der Waals surface area contributed by atoms with Crippen LogP contribution in [0.3, 0.4) is 0 Å². The summed E-state index contributed by atoms with van der Waals surface area (Å²) in [6.45, 7) is 5.98. The van der Waals surface area contributed by atoms with E-state index in [2.05, 4.69) is 37.8 Å². The summed E-state index contributed by atoms with van der Waals surface area (Å²) < 4.78 is 29.4. The van der Waals surface area contributed by atoms with Gasteiger partial charge in [-0.15, -0.1) is 6.58 Å². The van der Waals surface area contributed by atoms with Crippen molar-refractivity contribution in [1.29, 1.82) is 0 Å². The summed E-state index contributed by atoms with van der Waals surface area (Å²) in [5, 5.41) is 0. The molecule has 2 unspecified atom stereocenters. The molecule has 0 N–H and O–H groups in total. The van der Waals surface area contributed by atoms with E-state index in [1.807, 2.05) is 6.08 Å². The Hall–Kier alpha value is -1.96. The van der Waals surface area contributed by atoms with E-state index in [1.165, 1.54) is 12.8 Å². The van der Waals surface area contributed by atoms with E-state index in [1.54, 1.807) is 17.7 Å². The van der Waals surface area contributed by atoms with E-state index in [4.69, 9.17) is 0 Å². The molecule has 2 aliphatic rings. The zero-order valence-electron chi connectivity index (χ0n) is 18.4. The molecule has 162 valence electrons. The maximum Gasteiger partial charge on any atom is 0.166 e. The first-order valence-electron chi connectivity index (χ1n) is 11.7. The van der Waals surface area contributed by atoms with Gasteiger partial charge in [-0.2, -0.15) is 0 Å². The molecule has 0 nitrogen and oxygen atoms in total. The third kappa shape index (κ3) is 6.03. The van der Waals surface area contributed by atoms with Crippen LogP contribution in [0.5, 0.6) is 0 Å². The highest BCUT2D eigenvalue weighted by Gasteiger charge is 2.19. The van der Waals surface area contributed by atoms with Crippen molar-refractivity contribution in [2.24, 2.45) is 11.8 Å². The van der Waals surface area contributed by atoms with Gasteiger partial charge in [0.2, 0.25) is 0 Å². The average Bonchev–Trinajstić information content (AvgIpc) is 2.79. The maximum absolute atomic E-state index is 14.7. The van der Waals surface area contributed by atoms with E-state index in [0.29, 0.717) is 29.4 Å². The topological polar surface area (TPSA) is 0 Å². The summed E-state index contributed by atoms with van der Waals surface area (Å²) in [6, 6.07) is 3.57. The minimum absolute atomic E-state index is 0.461. The van der Waals surface area contributed by atoms with Crippen molar-refractivity contribution in [3.8, 4) is 0 Å². The molecule has 0 heterocycles. The number of hydrogen-bond acceptors (Lipinski definition) is 0. The second kappa shape index (κ2) is 11.4. The van der Waals surface area contributed by atoms with Crippen LogP contribution < -0.4 is 0 Å². The third-order valence-corrected chi connectivity index (χ3v) is 6.81. The number of benzene rings is 1. The van der Waals surface area contributed by atoms with Crippen molar-refractivity contribution in [2.75, 3.05) is 0 Å². The fourth-order valence-electron chi connectivity index (χ4n) is 4.66. The van der Waals surface area contributed by atoms with Crippen molar-refractivity contribution in [3.63, 3.8) is 0 Å². The summed E-state index contributed by atoms with van der Waals surface area (Å²) in [7, 11) is 0. The lowest BCUT2D eigenvalue weighted by atomic mass is 9.85. The van der Waals surface area contributed by atoms with Crippen molar-refractivity contribution in [1.82, 2.24) is 0 Å². The van der Waals surface area contributed by atoms with Gasteiger partial charge in [-0.3, -0.25) is 0 Å². The van der Waals surface area contributed by atoms with E-state index in [-0.39, 0.29) is 0 Å². The van der Waals surface area contributed by atoms with Gasteiger partial charge in [0.25, 0.3) is 0 Å². The fraction of sp³-hybridized carbons (Fsp3) is 0.500. The molecule has 30 heavy (non-hydrogen) atoms. The van der Waals surface area contributed by atoms with Gasteiger partial charge in [0.1, 0.15) is 0 Å². The van der Waals surface area contributed by atoms with Crippen LogP contribution in [0.15, 0.2) is 54.7 Å². The quantitative estimate of drug-likeness (QED) is 0.357. The summed E-state index contributed by atoms with van der Waals surface area (Å²) >= 11 is 0. The highest BCUT2D eigenvalue weighted by atomic mass is 19.2. The Kier molecular flexibility index (Phi) is 8.66. The maximum atomic E-state index is 14.7. The molecular formula is C28H36F2. The van der Waals surface area contributed by atoms with Crippen LogP contribution in [0.2, 0.25) is 0 Å². The predicted octanol–water partition coefficient (Wildman–Crippen LogP) is 8.74. The molecule has 0 aromatic heterocycles. The first-order valence-corrected chi connectivity index (χ1v) is 11.7. The molecule has 0 fully saturated rings. The molecule has 0 bridgehead atoms. The highest BCUT2D eigenvalue weighted by molar-refractivity contribution is 5.67. The van der Waals surface area contributed by atoms with Gasteiger partial charge < -0.3 is 0 Å². The molecule has 1 aromatic carbocycles. The van der Waals surface area contributed by atoms with Crippen molar-refractivity contribution in [2.45, 2.75) is 77.6 Å². The van der Waals surface area contributed by atoms with Gasteiger partial charge in [-0.1, -0.05) is 61.4 Å². The van der Waals surface area contributed by atoms with E-state index in [9.17, 15) is 8.78 Å². The number of aryl methyl sites for hydroxylation is 1. The van der Waals surface area contributed by atoms with Gasteiger partial charge in [0.05, 0.1) is 0 Å². The zero-order chi connectivity index (χ0) is 21.3. The average molecular weight is 411 g/mol. The monoisotopic (exact) mass is 410 g/mol. The van der Waals surface area contributed by atoms with Crippen LogP contribution in [-0.4, -0.2) is 0 Å². The molecule has 0 saturated heterocycles. The van der Waals surface area contributed by atoms with Crippen LogP contribution >= 0.6 is 0 Å². The van der Waals surface area contributed by atoms with E-state index < -0.39 is 11.6 Å². The molecule has 0 aliphatic heterocycles. The van der Waals surface area contributed by atoms with Gasteiger partial charge >= 0.3 is 0 Å². The third-order valence-electron chi connectivity index (χ3n) is 6.81. The minimum Gasteiger partial charge on any atom is -0.203 e. The van der Waals surface area contributed by atoms with E-state index >= 15 is 0 Å². The summed E-state index contributed by atoms with van der Waals surface area (Å²) in [5.74, 6) is -0.0632. The Morgan fingerprint density at radius 3 is 2.53 bits per heavy atom. The van der Waals surface area contributed by atoms with Crippen molar-refractivity contribution < 1.29 is 8.78 Å². The van der Waals surface area contributed by atoms with Crippen molar-refractivity contribution >= 4 is 5.57 Å². The van der Waals surface area contributed by atoms with Gasteiger partial charge in [0.15, 0.2) is 11.6 Å². The largest absolute Gasteiger partial charge is 0.203 e. The minimum atomic E-state index is -0.665. The second-order valence-electron chi connectivity index (χ2n) is 8.87. The van der Waals surface area contributed by atoms with Crippen LogP contribution in [0.25, 0.3) is 5.57 Å². The smallest absolute Gasteiger partial charge is 0.166 e. The molecule has 0 amide bonds. The predicted molar refractivity (Wildman–Crippen MR) is 124 cm³/mol. The molecule has 2 aliphatic carbocycles. The highest BCUT2D eigenvalue weighted by Crippen LogP contribution is 2.34. The SMILES string of the molecule is C=CCCC1=CCC(C=CCCc2ccc(C3=CCC(CC)CC3)c(F)c2F)CC1. The van der Waals surface area contributed by atoms with Gasteiger partial charge in [-0.25, -0.2) is 8.78 Å². The molecular weight excluding hydrogens is 374 g/mol. The molecule has 2 atom stereocenters. The summed E-state index contributed by atoms with van der Waals surface area (Å²) in [5.41, 5.74) is 3.47. The van der Waals surface area contributed by atoms with Crippen molar-refractivity contribution in [3.05, 3.63) is 77.4 Å². The lowest BCUT2D eigenvalue weighted by Gasteiger charge is -2.21. The molecule has 0 saturated carbocycles. The zero-order valence-corrected chi connectivity index (χ0v) is 18.4. The number of allylic oxidation sites excluding steroid dienone is 7. The number of rotatable bonds is 9. The number of halogens is 2. The first-order chi connectivity index (χ1) is 14.6. The van der Waals surface area contributed by atoms with Crippen LogP contribution in [0.4, 0.5) is 8.78 Å². The Morgan fingerprint density at radius 2 is 1.87 bits per heavy atom. The van der Waals surface area contributed by atoms with Gasteiger partial charge in [0, 0.05) is 5.56 Å². The standard InChI is InChI=1S/C28H36F2/c1-3-5-8-22-11-13-23(14-12-22)9-6-7-10-25-19-20-26(28(30)27(25)29)24-17-15-21(4-2)16-18-24/h3,6,9,11,17,19-21,23H,1,4-5,7-8,10,12-16,18H2,2H3. The Morgan fingerprint density at radius 1 is 1.00 bits per heavy atom. The van der Waals surface area contributed by atoms with Crippen LogP contribution in [0, 0.1) is 23.5 Å². The van der Waals surface area contributed by atoms with Crippen LogP contribution in [0.1, 0.15) is 82.3 Å². The molecule has 2 heteroatoms. The fourth-order valence-corrected chi connectivity index (χ4v) is 4.66. The van der Waals surface area contributed by atoms with Crippen LogP contribution in [-0.2, 0) is 6.42 Å².